The molecule has 6 aromatic heterocycles. The summed E-state index contributed by atoms with van der Waals surface area (Å²) in [5.74, 6) is 0. The van der Waals surface area contributed by atoms with Crippen LogP contribution in [-0.4, -0.2) is 23.4 Å². The topological polar surface area (TPSA) is 38.7 Å². The lowest BCUT2D eigenvalue weighted by atomic mass is 9.95. The van der Waals surface area contributed by atoms with Gasteiger partial charge >= 0.3 is 0 Å². The summed E-state index contributed by atoms with van der Waals surface area (Å²) in [6.45, 7) is 4.61. The van der Waals surface area contributed by atoms with Gasteiger partial charge in [-0.1, -0.05) is 104 Å². The Morgan fingerprint density at radius 2 is 1.06 bits per heavy atom. The van der Waals surface area contributed by atoms with Gasteiger partial charge in [-0.2, -0.15) is 0 Å². The fourth-order valence-electron chi connectivity index (χ4n) is 6.58. The molecule has 7 heteroatoms. The van der Waals surface area contributed by atoms with Crippen molar-refractivity contribution in [2.75, 3.05) is 0 Å². The van der Waals surface area contributed by atoms with Gasteiger partial charge in [0.1, 0.15) is 0 Å². The standard InChI is InChI=1S/C43H49N3S3.CH4.B.H2/c1-3-5-7-9-11-13-20-33-34(21-14-12-10-8-6-4-2)43(49-42(33)40-24-19-29-47-40)41-26-25-39(48-41)32-30-37(35-22-15-17-27-44-35)46-38(31-32)36-23-16-18-28-45-36;;;/h15-19,22-31H,3-14,20-21H2,1-2H3;1H4;;1H/i;;;1+1. The van der Waals surface area contributed by atoms with Gasteiger partial charge in [0.25, 0.3) is 0 Å². The Hall–Kier alpha value is -3.39. The quantitative estimate of drug-likeness (QED) is 0.0614. The summed E-state index contributed by atoms with van der Waals surface area (Å²) >= 11 is 5.84. The highest BCUT2D eigenvalue weighted by Gasteiger charge is 2.22. The number of hydrogen-bond acceptors (Lipinski definition) is 6. The lowest BCUT2D eigenvalue weighted by Gasteiger charge is -2.10. The molecule has 0 unspecified atom stereocenters. The van der Waals surface area contributed by atoms with E-state index < -0.39 is 0 Å². The van der Waals surface area contributed by atoms with Crippen molar-refractivity contribution in [2.45, 2.75) is 111 Å². The molecule has 3 radical (unpaired) electrons. The zero-order valence-electron chi connectivity index (χ0n) is 29.7. The first kappa shape index (κ1) is 40.4. The highest BCUT2D eigenvalue weighted by atomic mass is 32.1. The maximum Gasteiger partial charge on any atom is 0.0900 e. The Morgan fingerprint density at radius 1 is 0.529 bits per heavy atom. The SMILES string of the molecule is C.CCCCCCCCc1c(-c2cccs2)sc(-c2ccc(-c3cc(-c4ccccn4)nc(-c4ccccn4)c3)s2)c1CCCCCCCC.[2HH].[B]. The molecule has 3 nitrogen and oxygen atoms in total. The van der Waals surface area contributed by atoms with E-state index in [2.05, 4.69) is 65.6 Å². The van der Waals surface area contributed by atoms with Gasteiger partial charge in [-0.15, -0.1) is 34.0 Å². The molecule has 6 aromatic rings. The first-order chi connectivity index (χ1) is 24.2. The van der Waals surface area contributed by atoms with Gasteiger partial charge in [-0.05, 0) is 102 Å². The second-order valence-electron chi connectivity index (χ2n) is 13.0. The van der Waals surface area contributed by atoms with Gasteiger partial charge in [0.05, 0.1) is 22.8 Å². The van der Waals surface area contributed by atoms with Crippen molar-refractivity contribution in [3.8, 4) is 52.7 Å². The molecular weight excluding hydrogens is 678 g/mol. The number of unbranched alkanes of at least 4 members (excludes halogenated alkanes) is 10. The Labute approximate surface area is 322 Å². The van der Waals surface area contributed by atoms with E-state index in [0.717, 1.165) is 28.3 Å². The van der Waals surface area contributed by atoms with E-state index in [-0.39, 0.29) is 17.3 Å². The van der Waals surface area contributed by atoms with Crippen LogP contribution in [0.2, 0.25) is 0 Å². The predicted octanol–water partition coefficient (Wildman–Crippen LogP) is 14.7. The third-order valence-corrected chi connectivity index (χ3v) is 12.9. The van der Waals surface area contributed by atoms with E-state index in [9.17, 15) is 0 Å². The van der Waals surface area contributed by atoms with E-state index in [1.54, 1.807) is 11.1 Å². The zero-order valence-corrected chi connectivity index (χ0v) is 32.2. The summed E-state index contributed by atoms with van der Waals surface area (Å²) in [6, 6.07) is 25.6. The van der Waals surface area contributed by atoms with Crippen molar-refractivity contribution < 1.29 is 1.43 Å². The number of rotatable bonds is 19. The van der Waals surface area contributed by atoms with Crippen LogP contribution in [0.15, 0.2) is 90.6 Å². The third kappa shape index (κ3) is 10.8. The van der Waals surface area contributed by atoms with Crippen molar-refractivity contribution in [1.82, 2.24) is 15.0 Å². The van der Waals surface area contributed by atoms with Crippen LogP contribution in [-0.2, 0) is 12.8 Å². The minimum atomic E-state index is 0. The van der Waals surface area contributed by atoms with E-state index in [1.165, 1.54) is 114 Å². The van der Waals surface area contributed by atoms with Crippen molar-refractivity contribution >= 4 is 42.4 Å². The molecule has 6 rings (SSSR count). The molecule has 0 N–H and O–H groups in total. The number of pyridine rings is 3. The van der Waals surface area contributed by atoms with Crippen LogP contribution >= 0.6 is 34.0 Å². The molecular formula is C44H55BN3S3. The summed E-state index contributed by atoms with van der Waals surface area (Å²) in [5.41, 5.74) is 7.89. The Balaban J connectivity index is 0.00000243. The largest absolute Gasteiger partial charge is 0.255 e. The van der Waals surface area contributed by atoms with Gasteiger partial charge in [-0.25, -0.2) is 4.98 Å². The number of nitrogens with zero attached hydrogens (tertiary/aromatic N) is 3. The molecule has 0 atom stereocenters. The van der Waals surface area contributed by atoms with Crippen LogP contribution < -0.4 is 0 Å². The van der Waals surface area contributed by atoms with Gasteiger partial charge in [0, 0.05) is 46.6 Å². The molecule has 6 heterocycles. The van der Waals surface area contributed by atoms with Crippen LogP contribution in [0.1, 0.15) is 111 Å². The second-order valence-corrected chi connectivity index (χ2v) is 16.0. The molecule has 0 spiro atoms. The van der Waals surface area contributed by atoms with Crippen LogP contribution in [0.5, 0.6) is 0 Å². The molecule has 0 aliphatic carbocycles. The van der Waals surface area contributed by atoms with E-state index >= 15 is 0 Å². The number of aromatic nitrogens is 3. The first-order valence-electron chi connectivity index (χ1n) is 18.4. The molecule has 0 bridgehead atoms. The summed E-state index contributed by atoms with van der Waals surface area (Å²) in [6.07, 6.45) is 22.0. The van der Waals surface area contributed by atoms with Crippen LogP contribution in [0.25, 0.3) is 52.7 Å². The Bertz CT molecular complexity index is 1790. The average Bonchev–Trinajstić information content (AvgIpc) is 3.93. The van der Waals surface area contributed by atoms with Crippen molar-refractivity contribution in [3.05, 3.63) is 102 Å². The van der Waals surface area contributed by atoms with Crippen LogP contribution in [0.3, 0.4) is 0 Å². The molecule has 267 valence electrons. The lowest BCUT2D eigenvalue weighted by Crippen LogP contribution is -1.95. The predicted molar refractivity (Wildman–Crippen MR) is 229 cm³/mol. The average molecular weight is 734 g/mol. The maximum absolute atomic E-state index is 5.02. The van der Waals surface area contributed by atoms with Gasteiger partial charge in [0.2, 0.25) is 0 Å². The van der Waals surface area contributed by atoms with Crippen molar-refractivity contribution in [1.29, 1.82) is 0 Å². The lowest BCUT2D eigenvalue weighted by molar-refractivity contribution is 0.600. The molecule has 0 aliphatic rings. The Morgan fingerprint density at radius 3 is 1.57 bits per heavy atom. The van der Waals surface area contributed by atoms with Crippen molar-refractivity contribution in [3.63, 3.8) is 0 Å². The fourth-order valence-corrected chi connectivity index (χ4v) is 9.99. The second kappa shape index (κ2) is 21.2. The molecule has 0 saturated carbocycles. The van der Waals surface area contributed by atoms with Gasteiger partial charge < -0.3 is 0 Å². The van der Waals surface area contributed by atoms with E-state index in [0.29, 0.717) is 0 Å². The molecule has 0 aliphatic heterocycles. The smallest absolute Gasteiger partial charge is 0.0900 e. The monoisotopic (exact) mass is 733 g/mol. The Kier molecular flexibility index (Phi) is 16.8. The first-order valence-corrected chi connectivity index (χ1v) is 20.9. The third-order valence-electron chi connectivity index (χ3n) is 9.22. The van der Waals surface area contributed by atoms with Crippen LogP contribution in [0.4, 0.5) is 0 Å². The molecule has 0 fully saturated rings. The van der Waals surface area contributed by atoms with E-state index in [1.807, 2.05) is 82.8 Å². The highest BCUT2D eigenvalue weighted by Crippen LogP contribution is 2.48. The number of hydrogen-bond donors (Lipinski definition) is 0. The van der Waals surface area contributed by atoms with Gasteiger partial charge in [0.15, 0.2) is 0 Å². The normalized spacial score (nSPS) is 10.9. The number of thiophene rings is 3. The minimum absolute atomic E-state index is 0. The van der Waals surface area contributed by atoms with Gasteiger partial charge in [-0.3, -0.25) is 9.97 Å². The minimum Gasteiger partial charge on any atom is -0.255 e. The molecule has 0 amide bonds. The molecule has 0 saturated heterocycles. The summed E-state index contributed by atoms with van der Waals surface area (Å²) in [5, 5.41) is 2.24. The summed E-state index contributed by atoms with van der Waals surface area (Å²) in [4.78, 5) is 21.3. The zero-order chi connectivity index (χ0) is 33.7. The molecule has 0 aromatic carbocycles. The van der Waals surface area contributed by atoms with Crippen molar-refractivity contribution in [2.24, 2.45) is 0 Å². The van der Waals surface area contributed by atoms with Crippen LogP contribution in [0, 0.1) is 0 Å². The summed E-state index contributed by atoms with van der Waals surface area (Å²) in [7, 11) is 0. The van der Waals surface area contributed by atoms with E-state index in [4.69, 9.17) is 4.98 Å². The highest BCUT2D eigenvalue weighted by molar-refractivity contribution is 7.27. The molecule has 51 heavy (non-hydrogen) atoms. The summed E-state index contributed by atoms with van der Waals surface area (Å²) < 4.78 is 0. The fraction of sp³-hybridized carbons (Fsp3) is 0.386. The maximum atomic E-state index is 5.02.